The molecule has 0 spiro atoms. The second-order valence-electron chi connectivity index (χ2n) is 6.31. The summed E-state index contributed by atoms with van der Waals surface area (Å²) in [5.41, 5.74) is 1.40. The number of esters is 1. The molecule has 1 aromatic carbocycles. The predicted molar refractivity (Wildman–Crippen MR) is 108 cm³/mol. The first kappa shape index (κ1) is 20.1. The van der Waals surface area contributed by atoms with E-state index in [0.717, 1.165) is 0 Å². The Labute approximate surface area is 170 Å². The van der Waals surface area contributed by atoms with E-state index in [1.165, 1.54) is 18.4 Å². The van der Waals surface area contributed by atoms with Crippen molar-refractivity contribution in [1.82, 2.24) is 0 Å². The second kappa shape index (κ2) is 8.58. The zero-order chi connectivity index (χ0) is 20.3. The summed E-state index contributed by atoms with van der Waals surface area (Å²) in [7, 11) is 1.26. The summed E-state index contributed by atoms with van der Waals surface area (Å²) < 4.78 is 4.89. The minimum atomic E-state index is -1.01. The van der Waals surface area contributed by atoms with Crippen LogP contribution in [0.1, 0.15) is 23.2 Å². The molecule has 1 aliphatic rings. The molecule has 2 unspecified atom stereocenters. The third-order valence-electron chi connectivity index (χ3n) is 4.67. The molecule has 6 nitrogen and oxygen atoms in total. The topological polar surface area (TPSA) is 92.7 Å². The van der Waals surface area contributed by atoms with Gasteiger partial charge in [0.25, 0.3) is 0 Å². The lowest BCUT2D eigenvalue weighted by Crippen LogP contribution is -2.34. The number of hydrogen-bond acceptors (Lipinski definition) is 5. The fraction of sp³-hybridized carbons (Fsp3) is 0.250. The van der Waals surface area contributed by atoms with E-state index in [9.17, 15) is 19.5 Å². The highest BCUT2D eigenvalue weighted by atomic mass is 35.5. The third kappa shape index (κ3) is 3.95. The average molecular weight is 420 g/mol. The number of carbonyl (C=O) groups is 3. The van der Waals surface area contributed by atoms with E-state index in [1.54, 1.807) is 41.8 Å². The van der Waals surface area contributed by atoms with Gasteiger partial charge < -0.3 is 15.2 Å². The summed E-state index contributed by atoms with van der Waals surface area (Å²) in [4.78, 5) is 36.7. The van der Waals surface area contributed by atoms with E-state index < -0.39 is 29.7 Å². The number of carboxylic acid groups (broad SMARTS) is 1. The van der Waals surface area contributed by atoms with Gasteiger partial charge in [-0.2, -0.15) is 0 Å². The van der Waals surface area contributed by atoms with Gasteiger partial charge in [0.15, 0.2) is 0 Å². The molecule has 0 bridgehead atoms. The number of rotatable bonds is 5. The molecule has 2 atom stereocenters. The number of carboxylic acids is 1. The zero-order valence-corrected chi connectivity index (χ0v) is 16.5. The lowest BCUT2D eigenvalue weighted by molar-refractivity contribution is -0.146. The van der Waals surface area contributed by atoms with Crippen molar-refractivity contribution in [2.75, 3.05) is 12.4 Å². The quantitative estimate of drug-likeness (QED) is 0.551. The Hall–Kier alpha value is -2.64. The number of aliphatic carboxylic acids is 1. The van der Waals surface area contributed by atoms with Crippen molar-refractivity contribution in [1.29, 1.82) is 0 Å². The Morgan fingerprint density at radius 2 is 1.82 bits per heavy atom. The third-order valence-corrected chi connectivity index (χ3v) is 5.89. The second-order valence-corrected chi connectivity index (χ2v) is 7.60. The number of allylic oxidation sites excluding steroid dienone is 2. The van der Waals surface area contributed by atoms with E-state index in [0.29, 0.717) is 34.0 Å². The molecule has 2 aromatic rings. The number of methoxy groups -OCH3 is 1. The van der Waals surface area contributed by atoms with Crippen molar-refractivity contribution in [3.05, 3.63) is 52.4 Å². The van der Waals surface area contributed by atoms with Gasteiger partial charge in [0, 0.05) is 21.5 Å². The van der Waals surface area contributed by atoms with Crippen molar-refractivity contribution in [3.8, 4) is 11.1 Å². The van der Waals surface area contributed by atoms with E-state index in [4.69, 9.17) is 16.3 Å². The molecule has 28 heavy (non-hydrogen) atoms. The number of carbonyl (C=O) groups excluding carboxylic acids is 2. The number of nitrogens with one attached hydrogen (secondary N) is 1. The molecule has 3 rings (SSSR count). The molecule has 0 radical (unpaired) electrons. The molecule has 0 saturated carbocycles. The molecular formula is C20H18ClNO5S. The average Bonchev–Trinajstić information content (AvgIpc) is 3.10. The number of anilines is 1. The van der Waals surface area contributed by atoms with Gasteiger partial charge in [0.2, 0.25) is 5.91 Å². The molecule has 0 aliphatic heterocycles. The number of hydrogen-bond donors (Lipinski definition) is 2. The maximum Gasteiger partial charge on any atom is 0.341 e. The van der Waals surface area contributed by atoms with E-state index >= 15 is 0 Å². The summed E-state index contributed by atoms with van der Waals surface area (Å²) >= 11 is 7.43. The van der Waals surface area contributed by atoms with Gasteiger partial charge >= 0.3 is 11.9 Å². The molecule has 2 N–H and O–H groups in total. The van der Waals surface area contributed by atoms with Crippen LogP contribution in [0.4, 0.5) is 5.00 Å². The molecule has 146 valence electrons. The van der Waals surface area contributed by atoms with Crippen LogP contribution in [0.5, 0.6) is 0 Å². The molecule has 0 saturated heterocycles. The first-order valence-corrected chi connectivity index (χ1v) is 9.83. The largest absolute Gasteiger partial charge is 0.481 e. The van der Waals surface area contributed by atoms with Gasteiger partial charge in [0.05, 0.1) is 18.9 Å². The Balaban J connectivity index is 1.95. The summed E-state index contributed by atoms with van der Waals surface area (Å²) in [6.45, 7) is 0. The van der Waals surface area contributed by atoms with E-state index in [1.807, 2.05) is 0 Å². The van der Waals surface area contributed by atoms with Crippen LogP contribution in [0.3, 0.4) is 0 Å². The highest BCUT2D eigenvalue weighted by Crippen LogP contribution is 2.39. The molecule has 8 heteroatoms. The Morgan fingerprint density at radius 3 is 2.46 bits per heavy atom. The van der Waals surface area contributed by atoms with Crippen LogP contribution in [-0.2, 0) is 14.3 Å². The van der Waals surface area contributed by atoms with Gasteiger partial charge in [-0.05, 0) is 18.9 Å². The number of benzene rings is 1. The summed E-state index contributed by atoms with van der Waals surface area (Å²) in [5, 5.41) is 14.6. The van der Waals surface area contributed by atoms with Gasteiger partial charge in [-0.25, -0.2) is 4.79 Å². The first-order valence-electron chi connectivity index (χ1n) is 8.57. The van der Waals surface area contributed by atoms with Crippen LogP contribution in [0.15, 0.2) is 41.8 Å². The Morgan fingerprint density at radius 1 is 1.14 bits per heavy atom. The maximum absolute atomic E-state index is 12.8. The molecule has 1 heterocycles. The number of thiophene rings is 1. The SMILES string of the molecule is COC(=O)c1c(-c2ccccc2Cl)csc1NC(=O)C1CC=CCC1C(=O)O. The molecule has 1 aromatic heterocycles. The standard InChI is InChI=1S/C20H18ClNO5S/c1-27-20(26)16-14(11-6-4-5-9-15(11)21)10-28-18(16)22-17(23)12-7-2-3-8-13(12)19(24)25/h2-6,9-10,12-13H,7-8H2,1H3,(H,22,23)(H,24,25). The molecular weight excluding hydrogens is 402 g/mol. The number of halogens is 1. The van der Waals surface area contributed by atoms with Crippen LogP contribution < -0.4 is 5.32 Å². The Kier molecular flexibility index (Phi) is 6.16. The highest BCUT2D eigenvalue weighted by molar-refractivity contribution is 7.15. The minimum Gasteiger partial charge on any atom is -0.481 e. The maximum atomic E-state index is 12.8. The summed E-state index contributed by atoms with van der Waals surface area (Å²) in [5.74, 6) is -3.56. The van der Waals surface area contributed by atoms with Gasteiger partial charge in [-0.1, -0.05) is 42.0 Å². The van der Waals surface area contributed by atoms with E-state index in [-0.39, 0.29) is 5.56 Å². The highest BCUT2D eigenvalue weighted by Gasteiger charge is 2.35. The van der Waals surface area contributed by atoms with Crippen molar-refractivity contribution >= 4 is 45.8 Å². The minimum absolute atomic E-state index is 0.201. The van der Waals surface area contributed by atoms with Gasteiger partial charge in [-0.3, -0.25) is 9.59 Å². The number of amides is 1. The zero-order valence-electron chi connectivity index (χ0n) is 15.0. The molecule has 0 fully saturated rings. The van der Waals surface area contributed by atoms with Crippen molar-refractivity contribution in [2.45, 2.75) is 12.8 Å². The van der Waals surface area contributed by atoms with E-state index in [2.05, 4.69) is 5.32 Å². The van der Waals surface area contributed by atoms with Crippen LogP contribution >= 0.6 is 22.9 Å². The van der Waals surface area contributed by atoms with Crippen molar-refractivity contribution in [3.63, 3.8) is 0 Å². The van der Waals surface area contributed by atoms with Crippen LogP contribution in [0.25, 0.3) is 11.1 Å². The monoisotopic (exact) mass is 419 g/mol. The van der Waals surface area contributed by atoms with Crippen molar-refractivity contribution in [2.24, 2.45) is 11.8 Å². The van der Waals surface area contributed by atoms with Crippen LogP contribution in [-0.4, -0.2) is 30.1 Å². The Bertz CT molecular complexity index is 952. The fourth-order valence-corrected chi connectivity index (χ4v) is 4.40. The molecule has 1 aliphatic carbocycles. The first-order chi connectivity index (χ1) is 13.4. The summed E-state index contributed by atoms with van der Waals surface area (Å²) in [6.07, 6.45) is 4.20. The lowest BCUT2D eigenvalue weighted by atomic mass is 9.82. The molecule has 1 amide bonds. The lowest BCUT2D eigenvalue weighted by Gasteiger charge is -2.24. The summed E-state index contributed by atoms with van der Waals surface area (Å²) in [6, 6.07) is 7.06. The number of ether oxygens (including phenoxy) is 1. The van der Waals surface area contributed by atoms with Crippen LogP contribution in [0, 0.1) is 11.8 Å². The predicted octanol–water partition coefficient (Wildman–Crippen LogP) is 4.46. The fourth-order valence-electron chi connectivity index (χ4n) is 3.21. The van der Waals surface area contributed by atoms with Crippen LogP contribution in [0.2, 0.25) is 5.02 Å². The smallest absolute Gasteiger partial charge is 0.341 e. The van der Waals surface area contributed by atoms with Gasteiger partial charge in [0.1, 0.15) is 10.6 Å². The normalized spacial score (nSPS) is 18.5. The van der Waals surface area contributed by atoms with Crippen molar-refractivity contribution < 1.29 is 24.2 Å². The van der Waals surface area contributed by atoms with Gasteiger partial charge in [-0.15, -0.1) is 11.3 Å².